The molecule has 2 aromatic carbocycles. The molecule has 0 spiro atoms. The van der Waals surface area contributed by atoms with Crippen LogP contribution in [0.1, 0.15) is 16.2 Å². The molecule has 7 heteroatoms. The van der Waals surface area contributed by atoms with Gasteiger partial charge in [0.25, 0.3) is 5.91 Å². The number of amides is 1. The zero-order valence-electron chi connectivity index (χ0n) is 12.6. The highest BCUT2D eigenvalue weighted by Gasteiger charge is 2.11. The molecule has 0 fully saturated rings. The molecule has 7 nitrogen and oxygen atoms in total. The number of carbonyl (C=O) groups excluding carboxylic acids is 1. The second-order valence-corrected chi connectivity index (χ2v) is 5.18. The molecule has 0 aliphatic carbocycles. The van der Waals surface area contributed by atoms with Gasteiger partial charge in [-0.1, -0.05) is 18.2 Å². The Labute approximate surface area is 136 Å². The topological polar surface area (TPSA) is 96.7 Å². The van der Waals surface area contributed by atoms with Crippen LogP contribution in [0.3, 0.4) is 0 Å². The van der Waals surface area contributed by atoms with Crippen molar-refractivity contribution >= 4 is 16.9 Å². The summed E-state index contributed by atoms with van der Waals surface area (Å²) in [5.74, 6) is 0.564. The Morgan fingerprint density at radius 3 is 2.88 bits per heavy atom. The minimum atomic E-state index is -0.217. The van der Waals surface area contributed by atoms with Crippen molar-refractivity contribution in [1.29, 1.82) is 0 Å². The zero-order chi connectivity index (χ0) is 16.4. The number of fused-ring (bicyclic) bond motifs is 1. The van der Waals surface area contributed by atoms with E-state index in [-0.39, 0.29) is 12.5 Å². The van der Waals surface area contributed by atoms with Gasteiger partial charge in [0, 0.05) is 11.1 Å². The molecule has 1 amide bonds. The van der Waals surface area contributed by atoms with Gasteiger partial charge in [-0.2, -0.15) is 0 Å². The predicted octanol–water partition coefficient (Wildman–Crippen LogP) is 2.54. The molecule has 0 unspecified atom stereocenters. The first-order chi connectivity index (χ1) is 11.8. The van der Waals surface area contributed by atoms with Crippen molar-refractivity contribution in [2.24, 2.45) is 0 Å². The average Bonchev–Trinajstić information content (AvgIpc) is 3.29. The largest absolute Gasteiger partial charge is 0.419 e. The van der Waals surface area contributed by atoms with Gasteiger partial charge in [0.05, 0.1) is 23.9 Å². The molecule has 0 bridgehead atoms. The molecule has 0 aliphatic heterocycles. The summed E-state index contributed by atoms with van der Waals surface area (Å²) < 4.78 is 5.56. The first-order valence-corrected chi connectivity index (χ1v) is 7.39. The number of hydrogen-bond acceptors (Lipinski definition) is 5. The molecular formula is C17H13N5O2. The SMILES string of the molecule is O=C(NCc1nnc(-c2ccccc2)o1)c1ccc2nc[nH]c2c1. The summed E-state index contributed by atoms with van der Waals surface area (Å²) >= 11 is 0. The predicted molar refractivity (Wildman–Crippen MR) is 87.0 cm³/mol. The normalized spacial score (nSPS) is 10.8. The monoisotopic (exact) mass is 319 g/mol. The number of imidazole rings is 1. The van der Waals surface area contributed by atoms with Crippen LogP contribution in [0.5, 0.6) is 0 Å². The van der Waals surface area contributed by atoms with Crippen molar-refractivity contribution in [2.75, 3.05) is 0 Å². The van der Waals surface area contributed by atoms with Crippen LogP contribution in [-0.4, -0.2) is 26.1 Å². The number of aromatic amines is 1. The fourth-order valence-corrected chi connectivity index (χ4v) is 2.36. The third-order valence-electron chi connectivity index (χ3n) is 3.57. The molecule has 118 valence electrons. The maximum Gasteiger partial charge on any atom is 0.251 e. The van der Waals surface area contributed by atoms with Crippen molar-refractivity contribution in [1.82, 2.24) is 25.5 Å². The fourth-order valence-electron chi connectivity index (χ4n) is 2.36. The molecule has 2 heterocycles. The fraction of sp³-hybridized carbons (Fsp3) is 0.0588. The minimum absolute atomic E-state index is 0.166. The molecule has 2 N–H and O–H groups in total. The second kappa shape index (κ2) is 5.96. The van der Waals surface area contributed by atoms with E-state index in [4.69, 9.17) is 4.42 Å². The number of carbonyl (C=O) groups is 1. The number of rotatable bonds is 4. The van der Waals surface area contributed by atoms with Gasteiger partial charge in [-0.15, -0.1) is 10.2 Å². The molecule has 0 saturated heterocycles. The Morgan fingerprint density at radius 1 is 1.12 bits per heavy atom. The van der Waals surface area contributed by atoms with Gasteiger partial charge in [-0.3, -0.25) is 4.79 Å². The second-order valence-electron chi connectivity index (χ2n) is 5.18. The molecular weight excluding hydrogens is 306 g/mol. The van der Waals surface area contributed by atoms with Crippen molar-refractivity contribution in [2.45, 2.75) is 6.54 Å². The number of H-pyrrole nitrogens is 1. The smallest absolute Gasteiger partial charge is 0.251 e. The van der Waals surface area contributed by atoms with E-state index in [2.05, 4.69) is 25.5 Å². The lowest BCUT2D eigenvalue weighted by Gasteiger charge is -2.02. The maximum atomic E-state index is 12.2. The van der Waals surface area contributed by atoms with Gasteiger partial charge in [0.15, 0.2) is 0 Å². The number of aromatic nitrogens is 4. The number of hydrogen-bond donors (Lipinski definition) is 2. The lowest BCUT2D eigenvalue weighted by atomic mass is 10.2. The van der Waals surface area contributed by atoms with Gasteiger partial charge in [-0.25, -0.2) is 4.98 Å². The van der Waals surface area contributed by atoms with Gasteiger partial charge < -0.3 is 14.7 Å². The average molecular weight is 319 g/mol. The Kier molecular flexibility index (Phi) is 3.51. The summed E-state index contributed by atoms with van der Waals surface area (Å²) in [6.45, 7) is 0.166. The summed E-state index contributed by atoms with van der Waals surface area (Å²) in [4.78, 5) is 19.3. The number of nitrogens with zero attached hydrogens (tertiary/aromatic N) is 3. The Balaban J connectivity index is 1.45. The van der Waals surface area contributed by atoms with E-state index in [0.717, 1.165) is 16.6 Å². The summed E-state index contributed by atoms with van der Waals surface area (Å²) in [7, 11) is 0. The van der Waals surface area contributed by atoms with E-state index in [9.17, 15) is 4.79 Å². The van der Waals surface area contributed by atoms with Crippen molar-refractivity contribution in [3.8, 4) is 11.5 Å². The summed E-state index contributed by atoms with van der Waals surface area (Å²) in [5.41, 5.74) is 3.00. The molecule has 0 atom stereocenters. The van der Waals surface area contributed by atoms with Crippen molar-refractivity contribution < 1.29 is 9.21 Å². The minimum Gasteiger partial charge on any atom is -0.419 e. The third kappa shape index (κ3) is 2.74. The van der Waals surface area contributed by atoms with Crippen LogP contribution in [0.25, 0.3) is 22.5 Å². The summed E-state index contributed by atoms with van der Waals surface area (Å²) in [6, 6.07) is 14.7. The molecule has 4 rings (SSSR count). The van der Waals surface area contributed by atoms with E-state index in [1.165, 1.54) is 0 Å². The Hall–Kier alpha value is -3.48. The lowest BCUT2D eigenvalue weighted by molar-refractivity contribution is 0.0947. The van der Waals surface area contributed by atoms with E-state index >= 15 is 0 Å². The van der Waals surface area contributed by atoms with E-state index in [0.29, 0.717) is 17.3 Å². The molecule has 0 saturated carbocycles. The molecule has 0 aliphatic rings. The van der Waals surface area contributed by atoms with E-state index in [1.54, 1.807) is 24.5 Å². The van der Waals surface area contributed by atoms with Crippen LogP contribution < -0.4 is 5.32 Å². The first-order valence-electron chi connectivity index (χ1n) is 7.39. The summed E-state index contributed by atoms with van der Waals surface area (Å²) in [6.07, 6.45) is 1.59. The van der Waals surface area contributed by atoms with E-state index < -0.39 is 0 Å². The standard InChI is InChI=1S/C17H13N5O2/c23-16(12-6-7-13-14(8-12)20-10-19-13)18-9-15-21-22-17(24-15)11-4-2-1-3-5-11/h1-8,10H,9H2,(H,18,23)(H,19,20). The van der Waals surface area contributed by atoms with Crippen LogP contribution in [-0.2, 0) is 6.54 Å². The van der Waals surface area contributed by atoms with Crippen LogP contribution in [0, 0.1) is 0 Å². The zero-order valence-corrected chi connectivity index (χ0v) is 12.6. The van der Waals surface area contributed by atoms with Gasteiger partial charge in [0.1, 0.15) is 0 Å². The maximum absolute atomic E-state index is 12.2. The van der Waals surface area contributed by atoms with Crippen LogP contribution in [0.4, 0.5) is 0 Å². The van der Waals surface area contributed by atoms with Crippen LogP contribution >= 0.6 is 0 Å². The Morgan fingerprint density at radius 2 is 2.00 bits per heavy atom. The highest BCUT2D eigenvalue weighted by molar-refractivity contribution is 5.97. The van der Waals surface area contributed by atoms with Crippen molar-refractivity contribution in [3.05, 3.63) is 66.3 Å². The quantitative estimate of drug-likeness (QED) is 0.602. The number of benzene rings is 2. The van der Waals surface area contributed by atoms with Crippen LogP contribution in [0.15, 0.2) is 59.3 Å². The van der Waals surface area contributed by atoms with E-state index in [1.807, 2.05) is 30.3 Å². The lowest BCUT2D eigenvalue weighted by Crippen LogP contribution is -2.22. The van der Waals surface area contributed by atoms with Crippen molar-refractivity contribution in [3.63, 3.8) is 0 Å². The molecule has 4 aromatic rings. The van der Waals surface area contributed by atoms with Gasteiger partial charge in [-0.05, 0) is 30.3 Å². The molecule has 24 heavy (non-hydrogen) atoms. The Bertz CT molecular complexity index is 990. The first kappa shape index (κ1) is 14.1. The van der Waals surface area contributed by atoms with Crippen LogP contribution in [0.2, 0.25) is 0 Å². The summed E-state index contributed by atoms with van der Waals surface area (Å²) in [5, 5.41) is 10.7. The highest BCUT2D eigenvalue weighted by atomic mass is 16.4. The molecule has 0 radical (unpaired) electrons. The highest BCUT2D eigenvalue weighted by Crippen LogP contribution is 2.17. The number of nitrogens with one attached hydrogen (secondary N) is 2. The van der Waals surface area contributed by atoms with Gasteiger partial charge >= 0.3 is 0 Å². The van der Waals surface area contributed by atoms with Gasteiger partial charge in [0.2, 0.25) is 11.8 Å². The third-order valence-corrected chi connectivity index (χ3v) is 3.57. The molecule has 2 aromatic heterocycles.